The zero-order valence-corrected chi connectivity index (χ0v) is 16.8. The van der Waals surface area contributed by atoms with E-state index >= 15 is 0 Å². The van der Waals surface area contributed by atoms with Crippen LogP contribution in [0.5, 0.6) is 0 Å². The SMILES string of the molecule is CCNC(=NCc1cccc(F)c1)NCC(O)c1ccc(C)cc1.I. The normalized spacial score (nSPS) is 12.2. The molecule has 0 saturated carbocycles. The lowest BCUT2D eigenvalue weighted by Crippen LogP contribution is -2.39. The molecule has 6 heteroatoms. The predicted octanol–water partition coefficient (Wildman–Crippen LogP) is 3.54. The molecule has 0 aliphatic heterocycles. The maximum atomic E-state index is 13.2. The quantitative estimate of drug-likeness (QED) is 0.354. The second kappa shape index (κ2) is 11.0. The lowest BCUT2D eigenvalue weighted by molar-refractivity contribution is 0.181. The Bertz CT molecular complexity index is 677. The third-order valence-corrected chi connectivity index (χ3v) is 3.58. The third kappa shape index (κ3) is 7.39. The summed E-state index contributed by atoms with van der Waals surface area (Å²) in [6.45, 7) is 5.40. The van der Waals surface area contributed by atoms with E-state index in [0.717, 1.165) is 16.7 Å². The van der Waals surface area contributed by atoms with Crippen LogP contribution in [-0.2, 0) is 6.54 Å². The highest BCUT2D eigenvalue weighted by molar-refractivity contribution is 14.0. The van der Waals surface area contributed by atoms with Crippen LogP contribution in [0.3, 0.4) is 0 Å². The molecule has 0 fully saturated rings. The summed E-state index contributed by atoms with van der Waals surface area (Å²) < 4.78 is 13.2. The Morgan fingerprint density at radius 2 is 1.88 bits per heavy atom. The highest BCUT2D eigenvalue weighted by Crippen LogP contribution is 2.12. The van der Waals surface area contributed by atoms with E-state index in [9.17, 15) is 9.50 Å². The number of rotatable bonds is 6. The van der Waals surface area contributed by atoms with Gasteiger partial charge in [-0.25, -0.2) is 9.38 Å². The Balaban J connectivity index is 0.00000312. The Labute approximate surface area is 165 Å². The molecule has 0 amide bonds. The first-order valence-electron chi connectivity index (χ1n) is 8.09. The van der Waals surface area contributed by atoms with Crippen molar-refractivity contribution in [1.82, 2.24) is 10.6 Å². The van der Waals surface area contributed by atoms with Gasteiger partial charge in [-0.3, -0.25) is 0 Å². The van der Waals surface area contributed by atoms with E-state index in [1.165, 1.54) is 12.1 Å². The number of hydrogen-bond acceptors (Lipinski definition) is 2. The van der Waals surface area contributed by atoms with E-state index in [1.54, 1.807) is 6.07 Å². The summed E-state index contributed by atoms with van der Waals surface area (Å²) in [7, 11) is 0. The molecular weight excluding hydrogens is 432 g/mol. The fraction of sp³-hybridized carbons (Fsp3) is 0.316. The van der Waals surface area contributed by atoms with Crippen molar-refractivity contribution in [3.8, 4) is 0 Å². The molecular formula is C19H25FIN3O. The Morgan fingerprint density at radius 3 is 2.52 bits per heavy atom. The molecule has 2 aromatic rings. The van der Waals surface area contributed by atoms with Crippen molar-refractivity contribution in [2.75, 3.05) is 13.1 Å². The molecule has 3 N–H and O–H groups in total. The first-order valence-corrected chi connectivity index (χ1v) is 8.09. The average molecular weight is 457 g/mol. The zero-order chi connectivity index (χ0) is 17.4. The van der Waals surface area contributed by atoms with Gasteiger partial charge in [0.1, 0.15) is 5.82 Å². The van der Waals surface area contributed by atoms with Crippen LogP contribution in [0.4, 0.5) is 4.39 Å². The summed E-state index contributed by atoms with van der Waals surface area (Å²) in [5.41, 5.74) is 2.81. The van der Waals surface area contributed by atoms with Gasteiger partial charge in [-0.2, -0.15) is 0 Å². The van der Waals surface area contributed by atoms with Gasteiger partial charge in [-0.05, 0) is 37.1 Å². The van der Waals surface area contributed by atoms with Crippen molar-refractivity contribution in [3.05, 3.63) is 71.0 Å². The molecule has 1 unspecified atom stereocenters. The van der Waals surface area contributed by atoms with Crippen LogP contribution in [-0.4, -0.2) is 24.2 Å². The maximum Gasteiger partial charge on any atom is 0.191 e. The van der Waals surface area contributed by atoms with Gasteiger partial charge >= 0.3 is 0 Å². The standard InChI is InChI=1S/C19H24FN3O.HI/c1-3-21-19(22-12-15-5-4-6-17(20)11-15)23-13-18(24)16-9-7-14(2)8-10-16;/h4-11,18,24H,3,12-13H2,1-2H3,(H2,21,22,23);1H. The topological polar surface area (TPSA) is 56.7 Å². The van der Waals surface area contributed by atoms with Crippen LogP contribution < -0.4 is 10.6 Å². The minimum Gasteiger partial charge on any atom is -0.387 e. The van der Waals surface area contributed by atoms with Crippen LogP contribution in [0.2, 0.25) is 0 Å². The number of hydrogen-bond donors (Lipinski definition) is 3. The molecule has 0 saturated heterocycles. The highest BCUT2D eigenvalue weighted by atomic mass is 127. The summed E-state index contributed by atoms with van der Waals surface area (Å²) in [4.78, 5) is 4.42. The summed E-state index contributed by atoms with van der Waals surface area (Å²) in [5.74, 6) is 0.323. The lowest BCUT2D eigenvalue weighted by Gasteiger charge is -2.15. The Kier molecular flexibility index (Phi) is 9.44. The number of aliphatic hydroxyl groups is 1. The minimum atomic E-state index is -0.622. The van der Waals surface area contributed by atoms with Crippen LogP contribution in [0.15, 0.2) is 53.5 Å². The van der Waals surface area contributed by atoms with Gasteiger partial charge in [0.05, 0.1) is 12.6 Å². The fourth-order valence-corrected chi connectivity index (χ4v) is 2.25. The van der Waals surface area contributed by atoms with Crippen LogP contribution in [0.1, 0.15) is 29.7 Å². The molecule has 2 aromatic carbocycles. The first kappa shape index (κ1) is 21.4. The molecule has 0 aliphatic rings. The number of nitrogens with zero attached hydrogens (tertiary/aromatic N) is 1. The molecule has 0 heterocycles. The fourth-order valence-electron chi connectivity index (χ4n) is 2.25. The molecule has 0 aromatic heterocycles. The van der Waals surface area contributed by atoms with E-state index < -0.39 is 6.10 Å². The van der Waals surface area contributed by atoms with Gasteiger partial charge in [0.15, 0.2) is 5.96 Å². The predicted molar refractivity (Wildman–Crippen MR) is 111 cm³/mol. The lowest BCUT2D eigenvalue weighted by atomic mass is 10.1. The van der Waals surface area contributed by atoms with Gasteiger partial charge < -0.3 is 15.7 Å². The second-order valence-electron chi connectivity index (χ2n) is 5.63. The van der Waals surface area contributed by atoms with E-state index in [1.807, 2.05) is 44.2 Å². The van der Waals surface area contributed by atoms with Gasteiger partial charge in [0, 0.05) is 13.1 Å². The molecule has 2 rings (SSSR count). The summed E-state index contributed by atoms with van der Waals surface area (Å²) in [6, 6.07) is 14.2. The molecule has 25 heavy (non-hydrogen) atoms. The number of guanidine groups is 1. The number of aliphatic imine (C=N–C) groups is 1. The Morgan fingerprint density at radius 1 is 1.16 bits per heavy atom. The molecule has 0 aliphatic carbocycles. The van der Waals surface area contributed by atoms with E-state index in [4.69, 9.17) is 0 Å². The summed E-state index contributed by atoms with van der Waals surface area (Å²) in [5, 5.41) is 16.5. The Hall–Kier alpha value is -1.67. The van der Waals surface area contributed by atoms with Gasteiger partial charge in [-0.15, -0.1) is 24.0 Å². The molecule has 0 bridgehead atoms. The first-order chi connectivity index (χ1) is 11.6. The molecule has 1 atom stereocenters. The van der Waals surface area contributed by atoms with Crippen LogP contribution in [0, 0.1) is 12.7 Å². The number of benzene rings is 2. The van der Waals surface area contributed by atoms with Gasteiger partial charge in [0.25, 0.3) is 0 Å². The minimum absolute atomic E-state index is 0. The van der Waals surface area contributed by atoms with Gasteiger partial charge in [0.2, 0.25) is 0 Å². The average Bonchev–Trinajstić information content (AvgIpc) is 2.58. The largest absolute Gasteiger partial charge is 0.387 e. The summed E-state index contributed by atoms with van der Waals surface area (Å²) >= 11 is 0. The van der Waals surface area contributed by atoms with E-state index in [2.05, 4.69) is 15.6 Å². The van der Waals surface area contributed by atoms with Crippen molar-refractivity contribution in [1.29, 1.82) is 0 Å². The zero-order valence-electron chi connectivity index (χ0n) is 14.5. The van der Waals surface area contributed by atoms with Crippen LogP contribution in [0.25, 0.3) is 0 Å². The highest BCUT2D eigenvalue weighted by Gasteiger charge is 2.08. The van der Waals surface area contributed by atoms with Crippen molar-refractivity contribution in [3.63, 3.8) is 0 Å². The molecule has 0 spiro atoms. The third-order valence-electron chi connectivity index (χ3n) is 3.58. The van der Waals surface area contributed by atoms with Crippen molar-refractivity contribution in [2.45, 2.75) is 26.5 Å². The molecule has 0 radical (unpaired) electrons. The maximum absolute atomic E-state index is 13.2. The number of halogens is 2. The smallest absolute Gasteiger partial charge is 0.191 e. The number of nitrogens with one attached hydrogen (secondary N) is 2. The van der Waals surface area contributed by atoms with Crippen molar-refractivity contribution >= 4 is 29.9 Å². The molecule has 4 nitrogen and oxygen atoms in total. The van der Waals surface area contributed by atoms with E-state index in [-0.39, 0.29) is 29.8 Å². The van der Waals surface area contributed by atoms with Gasteiger partial charge in [-0.1, -0.05) is 42.0 Å². The monoisotopic (exact) mass is 457 g/mol. The summed E-state index contributed by atoms with van der Waals surface area (Å²) in [6.07, 6.45) is -0.622. The number of aliphatic hydroxyl groups excluding tert-OH is 1. The van der Waals surface area contributed by atoms with Crippen molar-refractivity contribution < 1.29 is 9.50 Å². The number of aryl methyl sites for hydroxylation is 1. The van der Waals surface area contributed by atoms with Crippen LogP contribution >= 0.6 is 24.0 Å². The second-order valence-corrected chi connectivity index (χ2v) is 5.63. The van der Waals surface area contributed by atoms with E-state index in [0.29, 0.717) is 25.6 Å². The van der Waals surface area contributed by atoms with Crippen molar-refractivity contribution in [2.24, 2.45) is 4.99 Å². The molecule has 136 valence electrons.